The normalized spacial score (nSPS) is 17.3. The first-order chi connectivity index (χ1) is 14.1. The van der Waals surface area contributed by atoms with Gasteiger partial charge in [-0.25, -0.2) is 4.98 Å². The van der Waals surface area contributed by atoms with Gasteiger partial charge in [0.15, 0.2) is 5.69 Å². The van der Waals surface area contributed by atoms with E-state index in [9.17, 15) is 4.79 Å². The highest BCUT2D eigenvalue weighted by molar-refractivity contribution is 5.99. The maximum absolute atomic E-state index is 12.8. The minimum absolute atomic E-state index is 0.115. The van der Waals surface area contributed by atoms with E-state index in [0.29, 0.717) is 12.2 Å². The highest BCUT2D eigenvalue weighted by Gasteiger charge is 2.31. The van der Waals surface area contributed by atoms with Crippen LogP contribution in [0.1, 0.15) is 40.9 Å². The predicted molar refractivity (Wildman–Crippen MR) is 113 cm³/mol. The van der Waals surface area contributed by atoms with Crippen LogP contribution in [0.15, 0.2) is 48.8 Å². The molecular weight excluding hydrogens is 364 g/mol. The molecule has 1 fully saturated rings. The van der Waals surface area contributed by atoms with Gasteiger partial charge in [-0.3, -0.25) is 14.7 Å². The summed E-state index contributed by atoms with van der Waals surface area (Å²) in [4.78, 5) is 26.6. The Morgan fingerprint density at radius 1 is 1.24 bits per heavy atom. The summed E-state index contributed by atoms with van der Waals surface area (Å²) >= 11 is 0. The SMILES string of the molecule is CN(C)CCNC(=O)c1nc([C@@H]2CCCN2Cc2ccccn2)n2ccccc12. The molecule has 0 aromatic carbocycles. The standard InChI is InChI=1S/C22H28N6O/c1-26(2)15-12-24-22(29)20-18-9-4-6-14-28(18)21(25-20)19-10-7-13-27(19)16-17-8-3-5-11-23-17/h3-6,8-9,11,14,19H,7,10,12-13,15-16H2,1-2H3,(H,24,29)/t19-/m0/s1. The number of carbonyl (C=O) groups excluding carboxylic acids is 1. The molecule has 1 aliphatic rings. The Morgan fingerprint density at radius 3 is 2.90 bits per heavy atom. The topological polar surface area (TPSA) is 65.8 Å². The number of nitrogens with one attached hydrogen (secondary N) is 1. The molecule has 4 heterocycles. The second-order valence-electron chi connectivity index (χ2n) is 7.78. The Balaban J connectivity index is 1.61. The maximum atomic E-state index is 12.8. The van der Waals surface area contributed by atoms with Crippen LogP contribution < -0.4 is 5.32 Å². The van der Waals surface area contributed by atoms with Crippen molar-refractivity contribution in [1.82, 2.24) is 29.5 Å². The smallest absolute Gasteiger partial charge is 0.272 e. The van der Waals surface area contributed by atoms with Crippen molar-refractivity contribution in [3.8, 4) is 0 Å². The second kappa shape index (κ2) is 8.71. The number of pyridine rings is 2. The number of amides is 1. The van der Waals surface area contributed by atoms with Gasteiger partial charge in [-0.1, -0.05) is 12.1 Å². The van der Waals surface area contributed by atoms with Crippen molar-refractivity contribution in [3.63, 3.8) is 0 Å². The second-order valence-corrected chi connectivity index (χ2v) is 7.78. The fourth-order valence-electron chi connectivity index (χ4n) is 3.95. The van der Waals surface area contributed by atoms with E-state index in [2.05, 4.69) is 25.7 Å². The van der Waals surface area contributed by atoms with Crippen LogP contribution in [0.25, 0.3) is 5.52 Å². The van der Waals surface area contributed by atoms with Gasteiger partial charge in [-0.2, -0.15) is 0 Å². The van der Waals surface area contributed by atoms with Crippen LogP contribution in [0.3, 0.4) is 0 Å². The molecule has 0 bridgehead atoms. The number of likely N-dealkylation sites (N-methyl/N-ethyl adjacent to an activating group) is 1. The zero-order valence-electron chi connectivity index (χ0n) is 17.1. The number of nitrogens with zero attached hydrogens (tertiary/aromatic N) is 5. The van der Waals surface area contributed by atoms with Crippen molar-refractivity contribution in [2.24, 2.45) is 0 Å². The zero-order chi connectivity index (χ0) is 20.2. The van der Waals surface area contributed by atoms with Gasteiger partial charge in [0.05, 0.1) is 17.3 Å². The molecule has 0 aliphatic carbocycles. The molecule has 0 saturated carbocycles. The summed E-state index contributed by atoms with van der Waals surface area (Å²) in [6, 6.07) is 12.1. The van der Waals surface area contributed by atoms with Crippen LogP contribution in [0.4, 0.5) is 0 Å². The lowest BCUT2D eigenvalue weighted by molar-refractivity contribution is 0.0948. The molecule has 152 valence electrons. The Kier molecular flexibility index (Phi) is 5.87. The third-order valence-corrected chi connectivity index (χ3v) is 5.39. The fourth-order valence-corrected chi connectivity index (χ4v) is 3.95. The van der Waals surface area contributed by atoms with Crippen LogP contribution >= 0.6 is 0 Å². The van der Waals surface area contributed by atoms with Crippen molar-refractivity contribution in [3.05, 3.63) is 66.0 Å². The lowest BCUT2D eigenvalue weighted by Gasteiger charge is -2.23. The number of rotatable bonds is 7. The van der Waals surface area contributed by atoms with Gasteiger partial charge < -0.3 is 14.6 Å². The summed E-state index contributed by atoms with van der Waals surface area (Å²) in [5.41, 5.74) is 2.42. The number of likely N-dealkylation sites (tertiary alicyclic amines) is 1. The molecule has 1 aliphatic heterocycles. The first-order valence-corrected chi connectivity index (χ1v) is 10.2. The van der Waals surface area contributed by atoms with Gasteiger partial charge in [0.2, 0.25) is 0 Å². The van der Waals surface area contributed by atoms with E-state index < -0.39 is 0 Å². The quantitative estimate of drug-likeness (QED) is 0.669. The number of imidazole rings is 1. The molecule has 1 atom stereocenters. The highest BCUT2D eigenvalue weighted by atomic mass is 16.1. The molecule has 0 unspecified atom stereocenters. The Labute approximate surface area is 171 Å². The van der Waals surface area contributed by atoms with Crippen LogP contribution in [0, 0.1) is 0 Å². The number of carbonyl (C=O) groups is 1. The van der Waals surface area contributed by atoms with E-state index in [-0.39, 0.29) is 11.9 Å². The van der Waals surface area contributed by atoms with E-state index in [1.54, 1.807) is 0 Å². The van der Waals surface area contributed by atoms with Gasteiger partial charge in [-0.05, 0) is 57.7 Å². The van der Waals surface area contributed by atoms with Gasteiger partial charge in [0.25, 0.3) is 5.91 Å². The molecule has 1 amide bonds. The molecule has 1 N–H and O–H groups in total. The molecule has 4 rings (SSSR count). The summed E-state index contributed by atoms with van der Waals surface area (Å²) < 4.78 is 2.07. The van der Waals surface area contributed by atoms with Crippen LogP contribution in [0.2, 0.25) is 0 Å². The fraction of sp³-hybridized carbons (Fsp3) is 0.409. The van der Waals surface area contributed by atoms with Gasteiger partial charge in [-0.15, -0.1) is 0 Å². The first kappa shape index (κ1) is 19.5. The Hall–Kier alpha value is -2.77. The Morgan fingerprint density at radius 2 is 2.10 bits per heavy atom. The average molecular weight is 393 g/mol. The summed E-state index contributed by atoms with van der Waals surface area (Å²) in [5, 5.41) is 3.00. The van der Waals surface area contributed by atoms with Crippen LogP contribution in [-0.4, -0.2) is 63.8 Å². The Bertz CT molecular complexity index is 968. The maximum Gasteiger partial charge on any atom is 0.272 e. The molecule has 0 radical (unpaired) electrons. The van der Waals surface area contributed by atoms with E-state index >= 15 is 0 Å². The average Bonchev–Trinajstić information content (AvgIpc) is 3.32. The van der Waals surface area contributed by atoms with E-state index in [1.807, 2.05) is 61.7 Å². The first-order valence-electron chi connectivity index (χ1n) is 10.2. The van der Waals surface area contributed by atoms with E-state index in [1.165, 1.54) is 0 Å². The van der Waals surface area contributed by atoms with Gasteiger partial charge >= 0.3 is 0 Å². The summed E-state index contributed by atoms with van der Waals surface area (Å²) in [6.45, 7) is 3.19. The van der Waals surface area contributed by atoms with E-state index in [4.69, 9.17) is 4.98 Å². The molecule has 29 heavy (non-hydrogen) atoms. The minimum atomic E-state index is -0.115. The van der Waals surface area contributed by atoms with Crippen molar-refractivity contribution in [1.29, 1.82) is 0 Å². The van der Waals surface area contributed by atoms with Crippen molar-refractivity contribution >= 4 is 11.4 Å². The van der Waals surface area contributed by atoms with Crippen LogP contribution in [-0.2, 0) is 6.54 Å². The molecule has 3 aromatic rings. The molecule has 3 aromatic heterocycles. The summed E-state index contributed by atoms with van der Waals surface area (Å²) in [5.74, 6) is 0.822. The zero-order valence-corrected chi connectivity index (χ0v) is 17.1. The largest absolute Gasteiger partial charge is 0.349 e. The predicted octanol–water partition coefficient (Wildman–Crippen LogP) is 2.36. The monoisotopic (exact) mass is 392 g/mol. The lowest BCUT2D eigenvalue weighted by Crippen LogP contribution is -2.31. The third kappa shape index (κ3) is 4.31. The van der Waals surface area contributed by atoms with Gasteiger partial charge in [0, 0.05) is 32.0 Å². The molecule has 1 saturated heterocycles. The van der Waals surface area contributed by atoms with Gasteiger partial charge in [0.1, 0.15) is 5.82 Å². The third-order valence-electron chi connectivity index (χ3n) is 5.39. The number of hydrogen-bond acceptors (Lipinski definition) is 5. The molecule has 7 heteroatoms. The van der Waals surface area contributed by atoms with Crippen molar-refractivity contribution in [2.45, 2.75) is 25.4 Å². The summed E-state index contributed by atoms with van der Waals surface area (Å²) in [6.07, 6.45) is 5.99. The number of hydrogen-bond donors (Lipinski definition) is 1. The summed E-state index contributed by atoms with van der Waals surface area (Å²) in [7, 11) is 3.99. The number of fused-ring (bicyclic) bond motifs is 1. The molecule has 7 nitrogen and oxygen atoms in total. The van der Waals surface area contributed by atoms with Crippen molar-refractivity contribution < 1.29 is 4.79 Å². The van der Waals surface area contributed by atoms with Crippen molar-refractivity contribution in [2.75, 3.05) is 33.7 Å². The number of aromatic nitrogens is 3. The molecular formula is C22H28N6O. The van der Waals surface area contributed by atoms with E-state index in [0.717, 1.165) is 49.5 Å². The minimum Gasteiger partial charge on any atom is -0.349 e. The van der Waals surface area contributed by atoms with Crippen LogP contribution in [0.5, 0.6) is 0 Å². The molecule has 0 spiro atoms. The lowest BCUT2D eigenvalue weighted by atomic mass is 10.2. The highest BCUT2D eigenvalue weighted by Crippen LogP contribution is 2.33.